The number of hydrogen-bond donors (Lipinski definition) is 1. The summed E-state index contributed by atoms with van der Waals surface area (Å²) in [6.07, 6.45) is 8.05. The van der Waals surface area contributed by atoms with Gasteiger partial charge in [0.25, 0.3) is 0 Å². The summed E-state index contributed by atoms with van der Waals surface area (Å²) in [6.45, 7) is 2.76. The topological polar surface area (TPSA) is 103 Å². The van der Waals surface area contributed by atoms with E-state index in [9.17, 15) is 9.59 Å². The smallest absolute Gasteiger partial charge is 0.306 e. The average molecular weight is 491 g/mol. The predicted octanol–water partition coefficient (Wildman–Crippen LogP) is 4.90. The third-order valence-electron chi connectivity index (χ3n) is 5.82. The van der Waals surface area contributed by atoms with Gasteiger partial charge in [-0.1, -0.05) is 18.2 Å². The van der Waals surface area contributed by atoms with Crippen LogP contribution in [0.2, 0.25) is 0 Å². The van der Waals surface area contributed by atoms with Gasteiger partial charge in [0.1, 0.15) is 23.7 Å². The van der Waals surface area contributed by atoms with Gasteiger partial charge in [0.05, 0.1) is 20.1 Å². The molecule has 2 aromatic heterocycles. The maximum Gasteiger partial charge on any atom is 0.306 e. The van der Waals surface area contributed by atoms with E-state index >= 15 is 0 Å². The summed E-state index contributed by atoms with van der Waals surface area (Å²) in [5.74, 6) is 1.20. The Kier molecular flexibility index (Phi) is 10.8. The number of ether oxygens (including phenoxy) is 2. The molecule has 2 heterocycles. The Morgan fingerprint density at radius 1 is 1.00 bits per heavy atom. The Morgan fingerprint density at radius 2 is 1.78 bits per heavy atom. The van der Waals surface area contributed by atoms with E-state index in [0.29, 0.717) is 19.6 Å². The molecule has 3 aromatic rings. The summed E-state index contributed by atoms with van der Waals surface area (Å²) in [6, 6.07) is 13.9. The zero-order valence-corrected chi connectivity index (χ0v) is 21.0. The largest absolute Gasteiger partial charge is 0.497 e. The van der Waals surface area contributed by atoms with Gasteiger partial charge < -0.3 is 14.8 Å². The van der Waals surface area contributed by atoms with Gasteiger partial charge in [-0.2, -0.15) is 0 Å². The molecule has 190 valence electrons. The van der Waals surface area contributed by atoms with Crippen LogP contribution in [0.5, 0.6) is 5.75 Å². The average Bonchev–Trinajstić information content (AvgIpc) is 2.91. The number of methoxy groups -OCH3 is 1. The minimum absolute atomic E-state index is 0.121. The highest BCUT2D eigenvalue weighted by atomic mass is 16.5. The molecule has 0 spiro atoms. The molecule has 0 amide bonds. The monoisotopic (exact) mass is 490 g/mol. The number of benzene rings is 1. The van der Waals surface area contributed by atoms with E-state index in [-0.39, 0.29) is 30.5 Å². The van der Waals surface area contributed by atoms with Crippen molar-refractivity contribution in [2.75, 3.05) is 19.0 Å². The van der Waals surface area contributed by atoms with Crippen molar-refractivity contribution in [1.82, 2.24) is 15.0 Å². The summed E-state index contributed by atoms with van der Waals surface area (Å²) in [4.78, 5) is 37.4. The third-order valence-corrected chi connectivity index (χ3v) is 5.82. The minimum Gasteiger partial charge on any atom is -0.497 e. The summed E-state index contributed by atoms with van der Waals surface area (Å²) in [5, 5.41) is 3.36. The van der Waals surface area contributed by atoms with Gasteiger partial charge in [-0.05, 0) is 61.6 Å². The van der Waals surface area contributed by atoms with Crippen molar-refractivity contribution in [3.8, 4) is 5.75 Å². The lowest BCUT2D eigenvalue weighted by Gasteiger charge is -2.15. The first-order chi connectivity index (χ1) is 17.6. The van der Waals surface area contributed by atoms with Gasteiger partial charge in [0.15, 0.2) is 0 Å². The molecule has 1 unspecified atom stereocenters. The molecule has 1 N–H and O–H groups in total. The second-order valence-electron chi connectivity index (χ2n) is 8.54. The maximum atomic E-state index is 12.7. The van der Waals surface area contributed by atoms with E-state index in [0.717, 1.165) is 47.7 Å². The number of aryl methyl sites for hydroxylation is 1. The summed E-state index contributed by atoms with van der Waals surface area (Å²) < 4.78 is 10.3. The molecule has 36 heavy (non-hydrogen) atoms. The standard InChI is InChI=1S/C28H34N4O4/c1-3-36-28(34)16-22(23-18-29-20-30-19-23)15-25(33)9-5-4-7-24-8-6-10-27(32-24)31-17-21-11-13-26(35-2)14-12-21/h6,8,10-14,18-20,22H,3-5,7,9,15-17H2,1-2H3,(H,31,32). The molecule has 0 aliphatic carbocycles. The van der Waals surface area contributed by atoms with Crippen LogP contribution in [-0.4, -0.2) is 40.4 Å². The SMILES string of the molecule is CCOC(=O)CC(CC(=O)CCCCc1cccc(NCc2ccc(OC)cc2)n1)c1cncnc1. The number of esters is 1. The number of nitrogens with one attached hydrogen (secondary N) is 1. The summed E-state index contributed by atoms with van der Waals surface area (Å²) >= 11 is 0. The van der Waals surface area contributed by atoms with Crippen LogP contribution in [-0.2, 0) is 27.3 Å². The van der Waals surface area contributed by atoms with E-state index in [1.807, 2.05) is 42.5 Å². The highest BCUT2D eigenvalue weighted by molar-refractivity contribution is 5.80. The van der Waals surface area contributed by atoms with Crippen molar-refractivity contribution in [1.29, 1.82) is 0 Å². The van der Waals surface area contributed by atoms with E-state index in [1.54, 1.807) is 26.4 Å². The zero-order valence-electron chi connectivity index (χ0n) is 21.0. The lowest BCUT2D eigenvalue weighted by Crippen LogP contribution is -2.14. The highest BCUT2D eigenvalue weighted by Crippen LogP contribution is 2.24. The van der Waals surface area contributed by atoms with Crippen LogP contribution in [0.25, 0.3) is 0 Å². The van der Waals surface area contributed by atoms with Crippen molar-refractivity contribution < 1.29 is 19.1 Å². The lowest BCUT2D eigenvalue weighted by molar-refractivity contribution is -0.143. The first kappa shape index (κ1) is 26.8. The highest BCUT2D eigenvalue weighted by Gasteiger charge is 2.21. The van der Waals surface area contributed by atoms with E-state index in [4.69, 9.17) is 14.5 Å². The van der Waals surface area contributed by atoms with E-state index in [1.165, 1.54) is 6.33 Å². The molecule has 0 saturated heterocycles. The third kappa shape index (κ3) is 9.09. The van der Waals surface area contributed by atoms with Gasteiger partial charge in [-0.15, -0.1) is 0 Å². The number of pyridine rings is 1. The Morgan fingerprint density at radius 3 is 2.50 bits per heavy atom. The second-order valence-corrected chi connectivity index (χ2v) is 8.54. The number of carbonyl (C=O) groups is 2. The van der Waals surface area contributed by atoms with Crippen LogP contribution in [0.4, 0.5) is 5.82 Å². The van der Waals surface area contributed by atoms with E-state index in [2.05, 4.69) is 15.3 Å². The molecule has 0 bridgehead atoms. The fraction of sp³-hybridized carbons (Fsp3) is 0.393. The molecule has 0 aliphatic rings. The zero-order chi connectivity index (χ0) is 25.6. The number of rotatable bonds is 15. The molecule has 1 aromatic carbocycles. The molecule has 8 heteroatoms. The first-order valence-corrected chi connectivity index (χ1v) is 12.3. The quantitative estimate of drug-likeness (QED) is 0.237. The number of Topliss-reactive ketones (excluding diaryl/α,β-unsaturated/α-hetero) is 1. The van der Waals surface area contributed by atoms with Gasteiger partial charge in [0.2, 0.25) is 0 Å². The van der Waals surface area contributed by atoms with Crippen molar-refractivity contribution in [2.24, 2.45) is 0 Å². The summed E-state index contributed by atoms with van der Waals surface area (Å²) in [7, 11) is 1.65. The maximum absolute atomic E-state index is 12.7. The number of hydrogen-bond acceptors (Lipinski definition) is 8. The van der Waals surface area contributed by atoms with Crippen LogP contribution < -0.4 is 10.1 Å². The Hall–Kier alpha value is -3.81. The molecule has 8 nitrogen and oxygen atoms in total. The first-order valence-electron chi connectivity index (χ1n) is 12.3. The molecule has 1 atom stereocenters. The van der Waals surface area contributed by atoms with Crippen molar-refractivity contribution in [3.05, 3.63) is 78.0 Å². The Bertz CT molecular complexity index is 1090. The van der Waals surface area contributed by atoms with Crippen LogP contribution in [0, 0.1) is 0 Å². The normalized spacial score (nSPS) is 11.5. The van der Waals surface area contributed by atoms with Crippen molar-refractivity contribution in [3.63, 3.8) is 0 Å². The molecule has 0 fully saturated rings. The number of ketones is 1. The number of carbonyl (C=O) groups excluding carboxylic acids is 2. The van der Waals surface area contributed by atoms with Crippen LogP contribution in [0.15, 0.2) is 61.2 Å². The van der Waals surface area contributed by atoms with Crippen LogP contribution >= 0.6 is 0 Å². The molecule has 0 saturated carbocycles. The minimum atomic E-state index is -0.314. The number of nitrogens with zero attached hydrogens (tertiary/aromatic N) is 3. The fourth-order valence-corrected chi connectivity index (χ4v) is 3.91. The molecule has 3 rings (SSSR count). The molecular formula is C28H34N4O4. The van der Waals surface area contributed by atoms with Crippen LogP contribution in [0.1, 0.15) is 61.8 Å². The van der Waals surface area contributed by atoms with Gasteiger partial charge in [-0.25, -0.2) is 15.0 Å². The van der Waals surface area contributed by atoms with Crippen molar-refractivity contribution in [2.45, 2.75) is 57.9 Å². The molecule has 0 aliphatic heterocycles. The van der Waals surface area contributed by atoms with Crippen LogP contribution in [0.3, 0.4) is 0 Å². The van der Waals surface area contributed by atoms with E-state index < -0.39 is 0 Å². The van der Waals surface area contributed by atoms with Gasteiger partial charge >= 0.3 is 5.97 Å². The van der Waals surface area contributed by atoms with Gasteiger partial charge in [-0.3, -0.25) is 9.59 Å². The second kappa shape index (κ2) is 14.6. The lowest BCUT2D eigenvalue weighted by atomic mass is 9.91. The van der Waals surface area contributed by atoms with Crippen molar-refractivity contribution >= 4 is 17.6 Å². The summed E-state index contributed by atoms with van der Waals surface area (Å²) in [5.41, 5.74) is 2.91. The fourth-order valence-electron chi connectivity index (χ4n) is 3.91. The molecular weight excluding hydrogens is 456 g/mol. The number of unbranched alkanes of at least 4 members (excludes halogenated alkanes) is 1. The van der Waals surface area contributed by atoms with Gasteiger partial charge in [0, 0.05) is 43.4 Å². The Labute approximate surface area is 212 Å². The number of aromatic nitrogens is 3. The molecule has 0 radical (unpaired) electrons. The predicted molar refractivity (Wildman–Crippen MR) is 138 cm³/mol. The Balaban J connectivity index is 1.43. The number of anilines is 1.